The van der Waals surface area contributed by atoms with Crippen molar-refractivity contribution in [3.63, 3.8) is 0 Å². The summed E-state index contributed by atoms with van der Waals surface area (Å²) in [5.74, 6) is 1.80. The van der Waals surface area contributed by atoms with Crippen molar-refractivity contribution in [1.29, 1.82) is 0 Å². The Labute approximate surface area is 267 Å². The lowest BCUT2D eigenvalue weighted by molar-refractivity contribution is 0.131. The Balaban J connectivity index is 1.32. The largest absolute Gasteiger partial charge is 0.464 e. The van der Waals surface area contributed by atoms with Crippen LogP contribution in [-0.2, 0) is 15.8 Å². The van der Waals surface area contributed by atoms with Gasteiger partial charge in [-0.15, -0.1) is 11.8 Å². The van der Waals surface area contributed by atoms with E-state index in [4.69, 9.17) is 4.74 Å². The normalized spacial score (nSPS) is 23.8. The molecule has 3 heteroatoms. The lowest BCUT2D eigenvalue weighted by Gasteiger charge is -2.40. The third kappa shape index (κ3) is 3.75. The van der Waals surface area contributed by atoms with Gasteiger partial charge >= 0.3 is 0 Å². The first kappa shape index (κ1) is 26.6. The minimum atomic E-state index is -1.32. The zero-order chi connectivity index (χ0) is 30.0. The maximum Gasteiger partial charge on any atom is 0.136 e. The third-order valence-corrected chi connectivity index (χ3v) is 11.3. The second-order valence-electron chi connectivity index (χ2n) is 12.1. The molecule has 3 aliphatic carbocycles. The number of ether oxygens (including phenoxy) is 1. The van der Waals surface area contributed by atoms with Gasteiger partial charge in [0.05, 0.1) is 16.9 Å². The van der Waals surface area contributed by atoms with Crippen molar-refractivity contribution < 1.29 is 9.84 Å². The molecule has 45 heavy (non-hydrogen) atoms. The fourth-order valence-corrected chi connectivity index (χ4v) is 9.75. The van der Waals surface area contributed by atoms with Crippen LogP contribution in [0.25, 0.3) is 11.1 Å². The molecule has 216 valence electrons. The van der Waals surface area contributed by atoms with Gasteiger partial charge in [0.25, 0.3) is 0 Å². The highest BCUT2D eigenvalue weighted by Crippen LogP contribution is 2.64. The van der Waals surface area contributed by atoms with Gasteiger partial charge in [-0.25, -0.2) is 0 Å². The molecule has 0 radical (unpaired) electrons. The van der Waals surface area contributed by atoms with Crippen LogP contribution in [-0.4, -0.2) is 16.1 Å². The Kier molecular flexibility index (Phi) is 5.96. The van der Waals surface area contributed by atoms with E-state index < -0.39 is 11.0 Å². The molecule has 9 rings (SSSR count). The first-order valence-corrected chi connectivity index (χ1v) is 16.5. The van der Waals surface area contributed by atoms with Crippen LogP contribution in [0, 0.1) is 0 Å². The Hall–Kier alpha value is -4.83. The lowest BCUT2D eigenvalue weighted by atomic mass is 9.64. The zero-order valence-electron chi connectivity index (χ0n) is 24.6. The van der Waals surface area contributed by atoms with Crippen LogP contribution >= 0.6 is 11.8 Å². The number of aliphatic hydroxyl groups is 1. The number of allylic oxidation sites excluding steroid dienone is 6. The van der Waals surface area contributed by atoms with Crippen molar-refractivity contribution in [3.8, 4) is 11.1 Å². The summed E-state index contributed by atoms with van der Waals surface area (Å²) >= 11 is 1.96. The van der Waals surface area contributed by atoms with Crippen molar-refractivity contribution in [2.45, 2.75) is 16.3 Å². The van der Waals surface area contributed by atoms with E-state index in [1.54, 1.807) is 6.26 Å². The van der Waals surface area contributed by atoms with E-state index in [0.29, 0.717) is 0 Å². The zero-order valence-corrected chi connectivity index (χ0v) is 25.4. The van der Waals surface area contributed by atoms with Crippen LogP contribution in [0.3, 0.4) is 0 Å². The van der Waals surface area contributed by atoms with Crippen molar-refractivity contribution in [3.05, 3.63) is 214 Å². The van der Waals surface area contributed by atoms with Gasteiger partial charge in [0, 0.05) is 22.5 Å². The molecule has 0 amide bonds. The molecule has 5 aliphatic rings. The van der Waals surface area contributed by atoms with Gasteiger partial charge in [-0.3, -0.25) is 0 Å². The summed E-state index contributed by atoms with van der Waals surface area (Å²) in [6.07, 6.45) is 14.4. The maximum atomic E-state index is 13.1. The summed E-state index contributed by atoms with van der Waals surface area (Å²) in [4.78, 5) is 0. The number of hydrogen-bond donors (Lipinski definition) is 1. The molecule has 2 aliphatic heterocycles. The number of fused-ring (bicyclic) bond motifs is 6. The second kappa shape index (κ2) is 10.1. The summed E-state index contributed by atoms with van der Waals surface area (Å²) in [5.41, 5.74) is 10.5. The lowest BCUT2D eigenvalue weighted by Crippen LogP contribution is -2.36. The number of benzene rings is 4. The summed E-state index contributed by atoms with van der Waals surface area (Å²) in [7, 11) is 0. The van der Waals surface area contributed by atoms with E-state index in [0.717, 1.165) is 50.5 Å². The van der Waals surface area contributed by atoms with Gasteiger partial charge in [0.2, 0.25) is 0 Å². The van der Waals surface area contributed by atoms with Gasteiger partial charge in [-0.1, -0.05) is 127 Å². The smallest absolute Gasteiger partial charge is 0.136 e. The minimum absolute atomic E-state index is 0.00174. The molecule has 2 nitrogen and oxygen atoms in total. The summed E-state index contributed by atoms with van der Waals surface area (Å²) in [5, 5.41) is 13.1. The van der Waals surface area contributed by atoms with Gasteiger partial charge in [-0.05, 0) is 68.8 Å². The van der Waals surface area contributed by atoms with E-state index in [2.05, 4.69) is 121 Å². The van der Waals surface area contributed by atoms with E-state index >= 15 is 0 Å². The Morgan fingerprint density at radius 1 is 0.711 bits per heavy atom. The van der Waals surface area contributed by atoms with Crippen LogP contribution < -0.4 is 0 Å². The third-order valence-electron chi connectivity index (χ3n) is 9.86. The molecular weight excluding hydrogens is 569 g/mol. The molecular formula is C42H30O2S. The molecule has 1 saturated heterocycles. The van der Waals surface area contributed by atoms with Crippen molar-refractivity contribution in [2.75, 3.05) is 5.75 Å². The fraction of sp³-hybridized carbons (Fsp3) is 0.0952. The van der Waals surface area contributed by atoms with E-state index in [1.165, 1.54) is 22.3 Å². The molecule has 0 bridgehead atoms. The minimum Gasteiger partial charge on any atom is -0.464 e. The average molecular weight is 599 g/mol. The second-order valence-corrected chi connectivity index (χ2v) is 13.2. The molecule has 2 atom stereocenters. The van der Waals surface area contributed by atoms with Crippen LogP contribution in [0.1, 0.15) is 16.7 Å². The number of hydrogen-bond acceptors (Lipinski definition) is 3. The van der Waals surface area contributed by atoms with Crippen LogP contribution in [0.5, 0.6) is 0 Å². The summed E-state index contributed by atoms with van der Waals surface area (Å²) < 4.78 is 6.53. The van der Waals surface area contributed by atoms with Gasteiger partial charge in [0.15, 0.2) is 0 Å². The highest BCUT2D eigenvalue weighted by atomic mass is 32.2. The van der Waals surface area contributed by atoms with E-state index in [9.17, 15) is 5.11 Å². The number of thioether (sulfide) groups is 1. The standard InChI is InChI=1S/C42H30O2S/c43-42(35-23-11-10-21-32(35)28-14-4-1-5-15-28)24-12-16-29-26-34-33-22-13-25-44-39(33)38-40(36(34)37(29)42)45-27-41(38,30-17-6-2-7-18-30)31-19-8-3-9-20-31/h1-26,40,43H,27H2. The molecule has 1 N–H and O–H groups in total. The average Bonchev–Trinajstić information content (AvgIpc) is 3.71. The molecule has 2 unspecified atom stereocenters. The molecule has 2 heterocycles. The van der Waals surface area contributed by atoms with Crippen molar-refractivity contribution in [2.24, 2.45) is 0 Å². The van der Waals surface area contributed by atoms with E-state index in [-0.39, 0.29) is 5.25 Å². The predicted octanol–water partition coefficient (Wildman–Crippen LogP) is 9.11. The molecule has 4 aromatic carbocycles. The van der Waals surface area contributed by atoms with Crippen molar-refractivity contribution >= 4 is 11.8 Å². The predicted molar refractivity (Wildman–Crippen MR) is 183 cm³/mol. The highest BCUT2D eigenvalue weighted by Gasteiger charge is 2.56. The molecule has 0 spiro atoms. The number of rotatable bonds is 4. The maximum absolute atomic E-state index is 13.1. The van der Waals surface area contributed by atoms with Crippen molar-refractivity contribution in [1.82, 2.24) is 0 Å². The van der Waals surface area contributed by atoms with Crippen LogP contribution in [0.15, 0.2) is 197 Å². The van der Waals surface area contributed by atoms with E-state index in [1.807, 2.05) is 42.1 Å². The Morgan fingerprint density at radius 3 is 2.11 bits per heavy atom. The van der Waals surface area contributed by atoms with Gasteiger partial charge < -0.3 is 9.84 Å². The highest BCUT2D eigenvalue weighted by molar-refractivity contribution is 8.00. The molecule has 1 fully saturated rings. The van der Waals surface area contributed by atoms with Gasteiger partial charge in [-0.2, -0.15) is 0 Å². The first-order valence-electron chi connectivity index (χ1n) is 15.5. The first-order chi connectivity index (χ1) is 22.2. The Morgan fingerprint density at radius 2 is 1.38 bits per heavy atom. The molecule has 0 aromatic heterocycles. The van der Waals surface area contributed by atoms with Crippen LogP contribution in [0.4, 0.5) is 0 Å². The molecule has 0 saturated carbocycles. The topological polar surface area (TPSA) is 29.5 Å². The monoisotopic (exact) mass is 598 g/mol. The quantitative estimate of drug-likeness (QED) is 0.254. The Bertz CT molecular complexity index is 2040. The SMILES string of the molecule is OC1(c2ccccc2-c2ccccc2)C=CC=C2C=C3C4=CC=COC4=C4C(SCC4(c4ccccc4)c4ccccc4)C3=C21. The van der Waals surface area contributed by atoms with Gasteiger partial charge in [0.1, 0.15) is 11.4 Å². The van der Waals surface area contributed by atoms with Crippen LogP contribution in [0.2, 0.25) is 0 Å². The fourth-order valence-electron chi connectivity index (χ4n) is 7.96. The summed E-state index contributed by atoms with van der Waals surface area (Å²) in [6, 6.07) is 40.4. The summed E-state index contributed by atoms with van der Waals surface area (Å²) in [6.45, 7) is 0. The molecule has 4 aromatic rings.